The molecule has 0 radical (unpaired) electrons. The van der Waals surface area contributed by atoms with E-state index in [4.69, 9.17) is 0 Å². The molecule has 0 aliphatic carbocycles. The Hall–Kier alpha value is -3.28. The minimum atomic E-state index is -0.576. The Labute approximate surface area is 171 Å². The molecule has 1 heterocycles. The molecule has 3 aromatic rings. The van der Waals surface area contributed by atoms with Gasteiger partial charge in [0.05, 0.1) is 11.4 Å². The number of amides is 1. The summed E-state index contributed by atoms with van der Waals surface area (Å²) in [6.07, 6.45) is 0. The Morgan fingerprint density at radius 3 is 2.24 bits per heavy atom. The summed E-state index contributed by atoms with van der Waals surface area (Å²) in [4.78, 5) is 25.8. The smallest absolute Gasteiger partial charge is 0.295 e. The third kappa shape index (κ3) is 4.11. The fourth-order valence-corrected chi connectivity index (χ4v) is 3.37. The molecule has 1 atom stereocenters. The Morgan fingerprint density at radius 2 is 1.59 bits per heavy atom. The van der Waals surface area contributed by atoms with Gasteiger partial charge >= 0.3 is 0 Å². The average molecular weight is 393 g/mol. The molecular weight excluding hydrogens is 364 g/mol. The molecule has 29 heavy (non-hydrogen) atoms. The third-order valence-electron chi connectivity index (χ3n) is 5.15. The van der Waals surface area contributed by atoms with E-state index in [9.17, 15) is 9.59 Å². The zero-order chi connectivity index (χ0) is 21.1. The first-order valence-electron chi connectivity index (χ1n) is 9.81. The molecule has 3 rings (SSSR count). The van der Waals surface area contributed by atoms with Gasteiger partial charge in [0.2, 0.25) is 5.91 Å². The SMILES string of the molecule is Cc1c(NC(C)C(=O)Nc2ccccc2C(C)C)c(=O)n(-c2ccccc2)n1C. The number of carbonyl (C=O) groups is 1. The van der Waals surface area contributed by atoms with Crippen molar-refractivity contribution >= 4 is 17.3 Å². The minimum absolute atomic E-state index is 0.182. The number of rotatable bonds is 6. The van der Waals surface area contributed by atoms with E-state index >= 15 is 0 Å². The molecule has 1 amide bonds. The number of para-hydroxylation sites is 2. The normalized spacial score (nSPS) is 12.1. The van der Waals surface area contributed by atoms with E-state index in [0.29, 0.717) is 11.6 Å². The minimum Gasteiger partial charge on any atom is -0.368 e. The van der Waals surface area contributed by atoms with Gasteiger partial charge in [-0.25, -0.2) is 4.68 Å². The van der Waals surface area contributed by atoms with Crippen LogP contribution in [-0.2, 0) is 11.8 Å². The molecule has 0 spiro atoms. The molecule has 6 nitrogen and oxygen atoms in total. The summed E-state index contributed by atoms with van der Waals surface area (Å²) >= 11 is 0. The summed E-state index contributed by atoms with van der Waals surface area (Å²) < 4.78 is 3.38. The Bertz CT molecular complexity index is 1060. The van der Waals surface area contributed by atoms with Crippen molar-refractivity contribution in [2.24, 2.45) is 7.05 Å². The lowest BCUT2D eigenvalue weighted by molar-refractivity contribution is -0.116. The molecule has 2 aromatic carbocycles. The zero-order valence-electron chi connectivity index (χ0n) is 17.6. The number of hydrogen-bond acceptors (Lipinski definition) is 3. The van der Waals surface area contributed by atoms with Gasteiger partial charge < -0.3 is 10.6 Å². The van der Waals surface area contributed by atoms with Crippen molar-refractivity contribution in [2.45, 2.75) is 39.7 Å². The lowest BCUT2D eigenvalue weighted by atomic mass is 10.0. The van der Waals surface area contributed by atoms with Gasteiger partial charge in [-0.05, 0) is 43.5 Å². The number of nitrogens with zero attached hydrogens (tertiary/aromatic N) is 2. The van der Waals surface area contributed by atoms with E-state index in [1.165, 1.54) is 0 Å². The molecule has 1 unspecified atom stereocenters. The highest BCUT2D eigenvalue weighted by Gasteiger charge is 2.21. The number of hydrogen-bond donors (Lipinski definition) is 2. The largest absolute Gasteiger partial charge is 0.368 e. The molecule has 2 N–H and O–H groups in total. The van der Waals surface area contributed by atoms with Gasteiger partial charge in [-0.3, -0.25) is 14.3 Å². The fourth-order valence-electron chi connectivity index (χ4n) is 3.37. The number of nitrogens with one attached hydrogen (secondary N) is 2. The van der Waals surface area contributed by atoms with E-state index in [1.807, 2.05) is 68.6 Å². The predicted molar refractivity (Wildman–Crippen MR) is 118 cm³/mol. The van der Waals surface area contributed by atoms with E-state index in [2.05, 4.69) is 24.5 Å². The maximum absolute atomic E-state index is 13.0. The van der Waals surface area contributed by atoms with Crippen molar-refractivity contribution in [3.05, 3.63) is 76.2 Å². The average Bonchev–Trinajstić information content (AvgIpc) is 2.92. The fraction of sp³-hybridized carbons (Fsp3) is 0.304. The van der Waals surface area contributed by atoms with Crippen LogP contribution in [0.1, 0.15) is 37.9 Å². The number of anilines is 2. The second-order valence-electron chi connectivity index (χ2n) is 7.53. The first-order chi connectivity index (χ1) is 13.8. The summed E-state index contributed by atoms with van der Waals surface area (Å²) in [7, 11) is 1.83. The standard InChI is InChI=1S/C23H28N4O2/c1-15(2)19-13-9-10-14-20(19)25-22(28)16(3)24-21-17(4)26(5)27(23(21)29)18-11-7-6-8-12-18/h6-16,24H,1-5H3,(H,25,28). The maximum atomic E-state index is 13.0. The molecule has 0 saturated heterocycles. The van der Waals surface area contributed by atoms with Gasteiger partial charge in [0.15, 0.2) is 0 Å². The molecule has 0 bridgehead atoms. The Balaban J connectivity index is 1.84. The van der Waals surface area contributed by atoms with Crippen LogP contribution in [0, 0.1) is 6.92 Å². The summed E-state index contributed by atoms with van der Waals surface area (Å²) in [6.45, 7) is 7.80. The summed E-state index contributed by atoms with van der Waals surface area (Å²) in [5, 5.41) is 6.10. The summed E-state index contributed by atoms with van der Waals surface area (Å²) in [6, 6.07) is 16.6. The molecule has 1 aromatic heterocycles. The van der Waals surface area contributed by atoms with E-state index in [1.54, 1.807) is 16.3 Å². The maximum Gasteiger partial charge on any atom is 0.295 e. The Morgan fingerprint density at radius 1 is 0.966 bits per heavy atom. The highest BCUT2D eigenvalue weighted by atomic mass is 16.2. The molecule has 0 fully saturated rings. The van der Waals surface area contributed by atoms with Crippen molar-refractivity contribution in [2.75, 3.05) is 10.6 Å². The predicted octanol–water partition coefficient (Wildman–Crippen LogP) is 4.05. The van der Waals surface area contributed by atoms with E-state index < -0.39 is 6.04 Å². The number of aromatic nitrogens is 2. The van der Waals surface area contributed by atoms with E-state index in [0.717, 1.165) is 22.6 Å². The number of carbonyl (C=O) groups excluding carboxylic acids is 1. The first kappa shape index (κ1) is 20.5. The van der Waals surface area contributed by atoms with Crippen molar-refractivity contribution in [3.8, 4) is 5.69 Å². The molecule has 0 aliphatic heterocycles. The Kier molecular flexibility index (Phi) is 5.92. The van der Waals surface area contributed by atoms with Gasteiger partial charge in [0.1, 0.15) is 11.7 Å². The topological polar surface area (TPSA) is 68.1 Å². The van der Waals surface area contributed by atoms with Gasteiger partial charge in [-0.2, -0.15) is 0 Å². The van der Waals surface area contributed by atoms with Crippen LogP contribution in [-0.4, -0.2) is 21.3 Å². The van der Waals surface area contributed by atoms with E-state index in [-0.39, 0.29) is 11.5 Å². The molecule has 152 valence electrons. The van der Waals surface area contributed by atoms with Gasteiger partial charge in [0.25, 0.3) is 5.56 Å². The molecular formula is C23H28N4O2. The van der Waals surface area contributed by atoms with Crippen LogP contribution >= 0.6 is 0 Å². The van der Waals surface area contributed by atoms with Crippen molar-refractivity contribution in [1.29, 1.82) is 0 Å². The molecule has 6 heteroatoms. The van der Waals surface area contributed by atoms with Crippen LogP contribution in [0.25, 0.3) is 5.69 Å². The second-order valence-corrected chi connectivity index (χ2v) is 7.53. The molecule has 0 saturated carbocycles. The van der Waals surface area contributed by atoms with Crippen LogP contribution in [0.5, 0.6) is 0 Å². The highest BCUT2D eigenvalue weighted by Crippen LogP contribution is 2.24. The van der Waals surface area contributed by atoms with Crippen molar-refractivity contribution in [3.63, 3.8) is 0 Å². The highest BCUT2D eigenvalue weighted by molar-refractivity contribution is 5.97. The first-order valence-corrected chi connectivity index (χ1v) is 9.81. The second kappa shape index (κ2) is 8.39. The lowest BCUT2D eigenvalue weighted by Crippen LogP contribution is -2.34. The van der Waals surface area contributed by atoms with Gasteiger partial charge in [0, 0.05) is 12.7 Å². The third-order valence-corrected chi connectivity index (χ3v) is 5.15. The molecule has 0 aliphatic rings. The van der Waals surface area contributed by atoms with Crippen LogP contribution < -0.4 is 16.2 Å². The van der Waals surface area contributed by atoms with Crippen molar-refractivity contribution < 1.29 is 4.79 Å². The summed E-state index contributed by atoms with van der Waals surface area (Å²) in [5.41, 5.74) is 3.66. The monoisotopic (exact) mass is 392 g/mol. The van der Waals surface area contributed by atoms with Gasteiger partial charge in [-0.1, -0.05) is 50.2 Å². The van der Waals surface area contributed by atoms with Crippen LogP contribution in [0.4, 0.5) is 11.4 Å². The zero-order valence-corrected chi connectivity index (χ0v) is 17.6. The van der Waals surface area contributed by atoms with Crippen LogP contribution in [0.15, 0.2) is 59.4 Å². The van der Waals surface area contributed by atoms with Crippen molar-refractivity contribution in [1.82, 2.24) is 9.36 Å². The van der Waals surface area contributed by atoms with Crippen LogP contribution in [0.2, 0.25) is 0 Å². The number of benzene rings is 2. The summed E-state index contributed by atoms with van der Waals surface area (Å²) in [5.74, 6) is 0.108. The quantitative estimate of drug-likeness (QED) is 0.665. The van der Waals surface area contributed by atoms with Crippen LogP contribution in [0.3, 0.4) is 0 Å². The lowest BCUT2D eigenvalue weighted by Gasteiger charge is -2.17. The van der Waals surface area contributed by atoms with Gasteiger partial charge in [-0.15, -0.1) is 0 Å².